The third kappa shape index (κ3) is 2.65. The van der Waals surface area contributed by atoms with Gasteiger partial charge in [0.1, 0.15) is 0 Å². The van der Waals surface area contributed by atoms with Crippen LogP contribution in [0.5, 0.6) is 0 Å². The van der Waals surface area contributed by atoms with Crippen LogP contribution >= 0.6 is 0 Å². The van der Waals surface area contributed by atoms with E-state index in [9.17, 15) is 4.79 Å². The second-order valence-corrected chi connectivity index (χ2v) is 3.30. The number of benzene rings is 1. The molecule has 1 aromatic carbocycles. The summed E-state index contributed by atoms with van der Waals surface area (Å²) in [5.74, 6) is -0.360. The smallest absolute Gasteiger partial charge is 0.337 e. The van der Waals surface area contributed by atoms with Gasteiger partial charge in [-0.25, -0.2) is 4.79 Å². The van der Waals surface area contributed by atoms with Gasteiger partial charge in [0.2, 0.25) is 0 Å². The summed E-state index contributed by atoms with van der Waals surface area (Å²) in [5, 5.41) is 7.28. The van der Waals surface area contributed by atoms with Crippen molar-refractivity contribution in [1.29, 1.82) is 5.41 Å². The molecule has 3 heteroatoms. The predicted octanol–water partition coefficient (Wildman–Crippen LogP) is 2.42. The van der Waals surface area contributed by atoms with Crippen molar-refractivity contribution in [3.05, 3.63) is 34.9 Å². The minimum absolute atomic E-state index is 0.360. The molecule has 80 valence electrons. The highest BCUT2D eigenvalue weighted by Gasteiger charge is 2.07. The van der Waals surface area contributed by atoms with Gasteiger partial charge < -0.3 is 10.1 Å². The Morgan fingerprint density at radius 3 is 2.80 bits per heavy atom. The highest BCUT2D eigenvalue weighted by Crippen LogP contribution is 2.13. The predicted molar refractivity (Wildman–Crippen MR) is 59.7 cm³/mol. The first kappa shape index (κ1) is 11.4. The molecule has 1 aromatic rings. The Balaban J connectivity index is 3.07. The molecule has 0 atom stereocenters. The number of carbonyl (C=O) groups excluding carboxylic acids is 1. The molecule has 0 bridgehead atoms. The summed E-state index contributed by atoms with van der Waals surface area (Å²) in [6.45, 7) is 2.09. The third-order valence-electron chi connectivity index (χ3n) is 2.24. The Kier molecular flexibility index (Phi) is 4.03. The van der Waals surface area contributed by atoms with E-state index in [1.54, 1.807) is 12.1 Å². The Labute approximate surface area is 89.6 Å². The lowest BCUT2D eigenvalue weighted by Gasteiger charge is -2.06. The van der Waals surface area contributed by atoms with E-state index >= 15 is 0 Å². The maximum atomic E-state index is 11.3. The van der Waals surface area contributed by atoms with E-state index < -0.39 is 0 Å². The fourth-order valence-corrected chi connectivity index (χ4v) is 1.47. The van der Waals surface area contributed by atoms with Gasteiger partial charge in [0.25, 0.3) is 0 Å². The zero-order valence-corrected chi connectivity index (χ0v) is 9.04. The lowest BCUT2D eigenvalue weighted by atomic mass is 10.0. The van der Waals surface area contributed by atoms with Crippen LogP contribution in [0.3, 0.4) is 0 Å². The van der Waals surface area contributed by atoms with Crippen molar-refractivity contribution in [3.63, 3.8) is 0 Å². The van der Waals surface area contributed by atoms with E-state index in [1.165, 1.54) is 13.3 Å². The molecule has 0 fully saturated rings. The molecule has 0 aliphatic carbocycles. The van der Waals surface area contributed by atoms with Gasteiger partial charge in [-0.15, -0.1) is 0 Å². The zero-order chi connectivity index (χ0) is 11.3. The molecular formula is C12H15NO2. The van der Waals surface area contributed by atoms with Gasteiger partial charge in [0.05, 0.1) is 12.7 Å². The summed E-state index contributed by atoms with van der Waals surface area (Å²) >= 11 is 0. The van der Waals surface area contributed by atoms with Gasteiger partial charge in [-0.1, -0.05) is 19.4 Å². The molecule has 15 heavy (non-hydrogen) atoms. The highest BCUT2D eigenvalue weighted by atomic mass is 16.5. The number of esters is 1. The summed E-state index contributed by atoms with van der Waals surface area (Å²) in [6, 6.07) is 5.32. The van der Waals surface area contributed by atoms with Crippen molar-refractivity contribution in [1.82, 2.24) is 0 Å². The number of rotatable bonds is 4. The minimum Gasteiger partial charge on any atom is -0.465 e. The standard InChI is InChI=1S/C12H15NO2/c1-3-4-9-5-6-10(12(14)15-2)7-11(9)8-13/h5-8,13H,3-4H2,1-2H3. The monoisotopic (exact) mass is 205 g/mol. The van der Waals surface area contributed by atoms with Crippen LogP contribution in [0.2, 0.25) is 0 Å². The Morgan fingerprint density at radius 1 is 1.53 bits per heavy atom. The minimum atomic E-state index is -0.360. The van der Waals surface area contributed by atoms with Crippen molar-refractivity contribution in [2.45, 2.75) is 19.8 Å². The van der Waals surface area contributed by atoms with Crippen LogP contribution < -0.4 is 0 Å². The van der Waals surface area contributed by atoms with Crippen LogP contribution in [0.15, 0.2) is 18.2 Å². The van der Waals surface area contributed by atoms with Gasteiger partial charge in [-0.05, 0) is 29.7 Å². The molecule has 1 rings (SSSR count). The molecular weight excluding hydrogens is 190 g/mol. The first-order chi connectivity index (χ1) is 7.22. The average molecular weight is 205 g/mol. The van der Waals surface area contributed by atoms with E-state index in [4.69, 9.17) is 5.41 Å². The number of ether oxygens (including phenoxy) is 1. The maximum absolute atomic E-state index is 11.3. The van der Waals surface area contributed by atoms with Crippen LogP contribution in [0, 0.1) is 5.41 Å². The van der Waals surface area contributed by atoms with Crippen LogP contribution in [0.4, 0.5) is 0 Å². The Morgan fingerprint density at radius 2 is 2.27 bits per heavy atom. The number of hydrogen-bond donors (Lipinski definition) is 1. The summed E-state index contributed by atoms with van der Waals surface area (Å²) in [7, 11) is 1.35. The van der Waals surface area contributed by atoms with E-state index in [-0.39, 0.29) is 5.97 Å². The van der Waals surface area contributed by atoms with E-state index in [0.717, 1.165) is 24.0 Å². The molecule has 0 unspecified atom stereocenters. The summed E-state index contributed by atoms with van der Waals surface area (Å²) in [6.07, 6.45) is 3.22. The lowest BCUT2D eigenvalue weighted by molar-refractivity contribution is 0.0600. The quantitative estimate of drug-likeness (QED) is 0.606. The van der Waals surface area contributed by atoms with Crippen LogP contribution in [0.25, 0.3) is 0 Å². The fraction of sp³-hybridized carbons (Fsp3) is 0.333. The highest BCUT2D eigenvalue weighted by molar-refractivity contribution is 5.92. The van der Waals surface area contributed by atoms with Crippen molar-refractivity contribution < 1.29 is 9.53 Å². The van der Waals surface area contributed by atoms with Crippen molar-refractivity contribution >= 4 is 12.2 Å². The van der Waals surface area contributed by atoms with Gasteiger partial charge in [-0.2, -0.15) is 0 Å². The van der Waals surface area contributed by atoms with Crippen molar-refractivity contribution in [2.24, 2.45) is 0 Å². The molecule has 0 spiro atoms. The van der Waals surface area contributed by atoms with Crippen LogP contribution in [-0.2, 0) is 11.2 Å². The van der Waals surface area contributed by atoms with Crippen molar-refractivity contribution in [3.8, 4) is 0 Å². The summed E-state index contributed by atoms with van der Waals surface area (Å²) < 4.78 is 4.62. The molecule has 0 aliphatic rings. The van der Waals surface area contributed by atoms with E-state index in [0.29, 0.717) is 5.56 Å². The molecule has 0 amide bonds. The Bertz CT molecular complexity index is 372. The van der Waals surface area contributed by atoms with Gasteiger partial charge in [0.15, 0.2) is 0 Å². The fourth-order valence-electron chi connectivity index (χ4n) is 1.47. The average Bonchev–Trinajstić information content (AvgIpc) is 2.29. The van der Waals surface area contributed by atoms with Crippen molar-refractivity contribution in [2.75, 3.05) is 7.11 Å². The summed E-state index contributed by atoms with van der Waals surface area (Å²) in [4.78, 5) is 11.3. The van der Waals surface area contributed by atoms with E-state index in [1.807, 2.05) is 6.07 Å². The number of methoxy groups -OCH3 is 1. The molecule has 0 saturated carbocycles. The van der Waals surface area contributed by atoms with Crippen LogP contribution in [-0.4, -0.2) is 19.3 Å². The number of nitrogens with one attached hydrogen (secondary N) is 1. The topological polar surface area (TPSA) is 50.2 Å². The molecule has 0 aliphatic heterocycles. The SMILES string of the molecule is CCCc1ccc(C(=O)OC)cc1C=N. The number of carbonyl (C=O) groups is 1. The van der Waals surface area contributed by atoms with Gasteiger partial charge in [-0.3, -0.25) is 0 Å². The second-order valence-electron chi connectivity index (χ2n) is 3.30. The second kappa shape index (κ2) is 5.29. The number of hydrogen-bond acceptors (Lipinski definition) is 3. The largest absolute Gasteiger partial charge is 0.465 e. The summed E-state index contributed by atoms with van der Waals surface area (Å²) in [5.41, 5.74) is 2.38. The Hall–Kier alpha value is -1.64. The van der Waals surface area contributed by atoms with E-state index in [2.05, 4.69) is 11.7 Å². The van der Waals surface area contributed by atoms with Gasteiger partial charge >= 0.3 is 5.97 Å². The molecule has 0 aromatic heterocycles. The first-order valence-corrected chi connectivity index (χ1v) is 4.94. The maximum Gasteiger partial charge on any atom is 0.337 e. The number of aryl methyl sites for hydroxylation is 1. The normalized spacial score (nSPS) is 9.73. The lowest BCUT2D eigenvalue weighted by Crippen LogP contribution is -2.03. The third-order valence-corrected chi connectivity index (χ3v) is 2.24. The molecule has 1 N–H and O–H groups in total. The molecule has 0 saturated heterocycles. The molecule has 3 nitrogen and oxygen atoms in total. The van der Waals surface area contributed by atoms with Gasteiger partial charge in [0, 0.05) is 6.21 Å². The first-order valence-electron chi connectivity index (χ1n) is 4.94. The molecule has 0 radical (unpaired) electrons. The van der Waals surface area contributed by atoms with Crippen LogP contribution in [0.1, 0.15) is 34.8 Å². The zero-order valence-electron chi connectivity index (χ0n) is 9.04. The molecule has 0 heterocycles.